The number of nitrogens with one attached hydrogen (secondary N) is 2. The highest BCUT2D eigenvalue weighted by atomic mass is 32.2. The lowest BCUT2D eigenvalue weighted by Crippen LogP contribution is -2.62. The Morgan fingerprint density at radius 2 is 2.14 bits per heavy atom. The molecule has 1 aromatic rings. The second-order valence-electron chi connectivity index (χ2n) is 7.28. The second-order valence-corrected chi connectivity index (χ2v) is 9.06. The fourth-order valence-electron chi connectivity index (χ4n) is 3.85. The van der Waals surface area contributed by atoms with Crippen molar-refractivity contribution in [2.24, 2.45) is 0 Å². The molecule has 3 heterocycles. The number of piperazine rings is 1. The van der Waals surface area contributed by atoms with Gasteiger partial charge in [-0.1, -0.05) is 0 Å². The lowest BCUT2D eigenvalue weighted by molar-refractivity contribution is -0.144. The summed E-state index contributed by atoms with van der Waals surface area (Å²) in [5.41, 5.74) is 0.223. The Balaban J connectivity index is 1.80. The van der Waals surface area contributed by atoms with Gasteiger partial charge < -0.3 is 10.2 Å². The number of nitrogens with zero attached hydrogens (tertiary/aromatic N) is 3. The molecule has 0 saturated carbocycles. The van der Waals surface area contributed by atoms with Crippen LogP contribution in [0.1, 0.15) is 19.0 Å². The van der Waals surface area contributed by atoms with Crippen molar-refractivity contribution in [2.75, 3.05) is 25.9 Å². The summed E-state index contributed by atoms with van der Waals surface area (Å²) < 4.78 is 39.7. The van der Waals surface area contributed by atoms with Gasteiger partial charge in [0.25, 0.3) is 0 Å². The van der Waals surface area contributed by atoms with Crippen LogP contribution >= 0.6 is 0 Å². The van der Waals surface area contributed by atoms with E-state index in [-0.39, 0.29) is 49.2 Å². The van der Waals surface area contributed by atoms with Crippen LogP contribution in [0.3, 0.4) is 0 Å². The zero-order valence-electron chi connectivity index (χ0n) is 15.8. The zero-order valence-corrected chi connectivity index (χ0v) is 16.6. The number of amides is 2. The molecule has 0 aromatic carbocycles. The second kappa shape index (κ2) is 8.10. The number of sulfonamides is 1. The first-order valence-corrected chi connectivity index (χ1v) is 10.9. The van der Waals surface area contributed by atoms with Crippen molar-refractivity contribution in [1.82, 2.24) is 24.8 Å². The minimum absolute atomic E-state index is 0.0933. The van der Waals surface area contributed by atoms with Crippen molar-refractivity contribution >= 4 is 21.8 Å². The summed E-state index contributed by atoms with van der Waals surface area (Å²) in [6, 6.07) is 1.59. The van der Waals surface area contributed by atoms with Gasteiger partial charge in [0.1, 0.15) is 11.9 Å². The average Bonchev–Trinajstić information content (AvgIpc) is 2.97. The molecule has 2 N–H and O–H groups in total. The van der Waals surface area contributed by atoms with E-state index >= 15 is 0 Å². The molecule has 0 spiro atoms. The molecule has 2 fully saturated rings. The lowest BCUT2D eigenvalue weighted by Gasteiger charge is -2.42. The van der Waals surface area contributed by atoms with Crippen LogP contribution in [0.15, 0.2) is 18.3 Å². The summed E-state index contributed by atoms with van der Waals surface area (Å²) in [4.78, 5) is 31.9. The third-order valence-corrected chi connectivity index (χ3v) is 5.74. The molecule has 9 nitrogen and oxygen atoms in total. The molecule has 0 aliphatic carbocycles. The molecule has 11 heteroatoms. The largest absolute Gasteiger partial charge is 0.354 e. The number of fused-ring (bicyclic) bond motifs is 1. The molecule has 1 aromatic heterocycles. The number of pyridine rings is 1. The Bertz CT molecular complexity index is 865. The maximum absolute atomic E-state index is 14.1. The normalized spacial score (nSPS) is 25.6. The van der Waals surface area contributed by atoms with Gasteiger partial charge in [0.05, 0.1) is 11.9 Å². The molecule has 2 amide bonds. The highest BCUT2D eigenvalue weighted by Gasteiger charge is 2.46. The van der Waals surface area contributed by atoms with Crippen molar-refractivity contribution in [3.05, 3.63) is 29.8 Å². The van der Waals surface area contributed by atoms with Gasteiger partial charge in [-0.3, -0.25) is 19.5 Å². The van der Waals surface area contributed by atoms with Crippen molar-refractivity contribution < 1.29 is 22.4 Å². The van der Waals surface area contributed by atoms with Crippen molar-refractivity contribution in [3.63, 3.8) is 0 Å². The molecular weight excluding hydrogens is 389 g/mol. The molecule has 28 heavy (non-hydrogen) atoms. The number of hydrogen-bond donors (Lipinski definition) is 2. The molecule has 0 unspecified atom stereocenters. The van der Waals surface area contributed by atoms with E-state index in [2.05, 4.69) is 15.0 Å². The van der Waals surface area contributed by atoms with Crippen LogP contribution in [0.25, 0.3) is 0 Å². The molecule has 3 rings (SSSR count). The number of aromatic nitrogens is 1. The van der Waals surface area contributed by atoms with Crippen molar-refractivity contribution in [1.29, 1.82) is 0 Å². The fourth-order valence-corrected chi connectivity index (χ4v) is 4.63. The molecule has 3 atom stereocenters. The Kier molecular flexibility index (Phi) is 5.96. The van der Waals surface area contributed by atoms with E-state index in [4.69, 9.17) is 0 Å². The van der Waals surface area contributed by atoms with Gasteiger partial charge in [-0.25, -0.2) is 17.5 Å². The first-order valence-electron chi connectivity index (χ1n) is 8.99. The van der Waals surface area contributed by atoms with Gasteiger partial charge in [0.2, 0.25) is 21.8 Å². The average molecular weight is 413 g/mol. The Hall–Kier alpha value is -2.11. The highest BCUT2D eigenvalue weighted by molar-refractivity contribution is 7.88. The number of carbonyl (C=O) groups excluding carboxylic acids is 2. The molecule has 0 bridgehead atoms. The monoisotopic (exact) mass is 413 g/mol. The smallest absolute Gasteiger partial charge is 0.242 e. The van der Waals surface area contributed by atoms with E-state index in [9.17, 15) is 22.4 Å². The SMILES string of the molecule is CC(=O)NC[C@H]1C(=O)N2C[C@@H](NS(C)(=O)=O)C[C@H]2CN1Cc1ncccc1F. The van der Waals surface area contributed by atoms with Crippen LogP contribution in [0, 0.1) is 5.82 Å². The van der Waals surface area contributed by atoms with Gasteiger partial charge in [-0.2, -0.15) is 0 Å². The summed E-state index contributed by atoms with van der Waals surface area (Å²) in [6.45, 7) is 2.29. The number of carbonyl (C=O) groups is 2. The molecule has 0 radical (unpaired) electrons. The highest BCUT2D eigenvalue weighted by Crippen LogP contribution is 2.27. The molecule has 2 saturated heterocycles. The van der Waals surface area contributed by atoms with Crippen LogP contribution in [0.5, 0.6) is 0 Å². The molecule has 154 valence electrons. The van der Waals surface area contributed by atoms with Gasteiger partial charge >= 0.3 is 0 Å². The maximum atomic E-state index is 14.1. The predicted molar refractivity (Wildman–Crippen MR) is 99.0 cm³/mol. The topological polar surface area (TPSA) is 112 Å². The third-order valence-electron chi connectivity index (χ3n) is 4.98. The van der Waals surface area contributed by atoms with E-state index < -0.39 is 21.9 Å². The van der Waals surface area contributed by atoms with Crippen LogP contribution < -0.4 is 10.0 Å². The van der Waals surface area contributed by atoms with E-state index in [1.807, 2.05) is 0 Å². The zero-order chi connectivity index (χ0) is 20.5. The minimum atomic E-state index is -3.39. The predicted octanol–water partition coefficient (Wildman–Crippen LogP) is -0.940. The van der Waals surface area contributed by atoms with Crippen LogP contribution in [0.2, 0.25) is 0 Å². The lowest BCUT2D eigenvalue weighted by atomic mass is 10.0. The van der Waals surface area contributed by atoms with Crippen molar-refractivity contribution in [2.45, 2.75) is 38.0 Å². The summed E-state index contributed by atoms with van der Waals surface area (Å²) in [5, 5.41) is 2.65. The summed E-state index contributed by atoms with van der Waals surface area (Å²) in [5.74, 6) is -0.935. The van der Waals surface area contributed by atoms with Gasteiger partial charge in [0.15, 0.2) is 0 Å². The molecule has 2 aliphatic heterocycles. The Labute approximate surface area is 163 Å². The maximum Gasteiger partial charge on any atom is 0.242 e. The van der Waals surface area contributed by atoms with Crippen molar-refractivity contribution in [3.8, 4) is 0 Å². The van der Waals surface area contributed by atoms with E-state index in [0.717, 1.165) is 6.26 Å². The van der Waals surface area contributed by atoms with E-state index in [1.54, 1.807) is 9.80 Å². The molecule has 2 aliphatic rings. The Morgan fingerprint density at radius 1 is 1.39 bits per heavy atom. The van der Waals surface area contributed by atoms with E-state index in [1.165, 1.54) is 25.3 Å². The standard InChI is InChI=1S/C17H24FN5O4S/c1-11(24)20-7-16-17(25)23-8-12(21-28(2,26)27)6-13(23)9-22(16)10-15-14(18)4-3-5-19-15/h3-5,12-13,16,21H,6-10H2,1-2H3,(H,20,24)/t12-,13-,16-/m0/s1. The van der Waals surface area contributed by atoms with Gasteiger partial charge in [-0.05, 0) is 18.6 Å². The Morgan fingerprint density at radius 3 is 2.79 bits per heavy atom. The first-order chi connectivity index (χ1) is 13.1. The van der Waals surface area contributed by atoms with E-state index in [0.29, 0.717) is 13.0 Å². The van der Waals surface area contributed by atoms with Crippen LogP contribution in [-0.4, -0.2) is 79.0 Å². The third kappa shape index (κ3) is 4.83. The van der Waals surface area contributed by atoms with Gasteiger partial charge in [-0.15, -0.1) is 0 Å². The van der Waals surface area contributed by atoms with Crippen LogP contribution in [-0.2, 0) is 26.2 Å². The summed E-state index contributed by atoms with van der Waals surface area (Å²) in [6.07, 6.45) is 3.05. The summed E-state index contributed by atoms with van der Waals surface area (Å²) >= 11 is 0. The van der Waals surface area contributed by atoms with Crippen LogP contribution in [0.4, 0.5) is 4.39 Å². The van der Waals surface area contributed by atoms with Gasteiger partial charge in [0, 0.05) is 51.4 Å². The number of hydrogen-bond acceptors (Lipinski definition) is 6. The minimum Gasteiger partial charge on any atom is -0.354 e. The number of rotatable bonds is 6. The first kappa shape index (κ1) is 20.6. The fraction of sp³-hybridized carbons (Fsp3) is 0.588. The number of halogens is 1. The molecular formula is C17H24FN5O4S. The quantitative estimate of drug-likeness (QED) is 0.623. The summed E-state index contributed by atoms with van der Waals surface area (Å²) in [7, 11) is -3.39.